The average Bonchev–Trinajstić information content (AvgIpc) is 3.16. The quantitative estimate of drug-likeness (QED) is 0.313. The summed E-state index contributed by atoms with van der Waals surface area (Å²) in [5.41, 5.74) is 7.93. The van der Waals surface area contributed by atoms with E-state index in [1.165, 1.54) is 0 Å². The molecule has 7 nitrogen and oxygen atoms in total. The molecule has 1 aliphatic rings. The van der Waals surface area contributed by atoms with E-state index >= 15 is 0 Å². The number of nitrogens with one attached hydrogen (secondary N) is 1. The van der Waals surface area contributed by atoms with Crippen LogP contribution in [0.5, 0.6) is 5.75 Å². The van der Waals surface area contributed by atoms with E-state index in [0.717, 1.165) is 23.3 Å². The highest BCUT2D eigenvalue weighted by atomic mass is 127. The molecule has 0 bridgehead atoms. The Hall–Kier alpha value is -2.33. The van der Waals surface area contributed by atoms with Gasteiger partial charge in [-0.3, -0.25) is 0 Å². The maximum atomic E-state index is 6.04. The number of hydrogen-bond donors (Lipinski definition) is 2. The van der Waals surface area contributed by atoms with E-state index in [4.69, 9.17) is 26.6 Å². The molecule has 2 aromatic carbocycles. The summed E-state index contributed by atoms with van der Waals surface area (Å²) in [6, 6.07) is 15.2. The largest absolute Gasteiger partial charge is 0.493 e. The summed E-state index contributed by atoms with van der Waals surface area (Å²) in [4.78, 5) is 8.64. The lowest BCUT2D eigenvalue weighted by molar-refractivity contribution is 0.262. The molecule has 4 rings (SSSR count). The van der Waals surface area contributed by atoms with Crippen molar-refractivity contribution in [3.8, 4) is 17.1 Å². The molecule has 0 radical (unpaired) electrons. The van der Waals surface area contributed by atoms with Crippen molar-refractivity contribution in [3.63, 3.8) is 0 Å². The topological polar surface area (TPSA) is 98.6 Å². The number of guanidine groups is 1. The van der Waals surface area contributed by atoms with E-state index in [0.29, 0.717) is 29.3 Å². The number of fused-ring (bicyclic) bond motifs is 1. The van der Waals surface area contributed by atoms with Crippen molar-refractivity contribution in [3.05, 3.63) is 65.0 Å². The fourth-order valence-corrected chi connectivity index (χ4v) is 3.03. The molecule has 1 aliphatic heterocycles. The van der Waals surface area contributed by atoms with E-state index in [-0.39, 0.29) is 36.6 Å². The van der Waals surface area contributed by atoms with Crippen LogP contribution in [0.4, 0.5) is 0 Å². The molecule has 0 saturated carbocycles. The van der Waals surface area contributed by atoms with Crippen LogP contribution in [-0.2, 0) is 6.54 Å². The van der Waals surface area contributed by atoms with Gasteiger partial charge in [0.15, 0.2) is 5.96 Å². The summed E-state index contributed by atoms with van der Waals surface area (Å²) in [7, 11) is 0. The second kappa shape index (κ2) is 9.24. The van der Waals surface area contributed by atoms with E-state index in [9.17, 15) is 0 Å². The molecule has 0 spiro atoms. The van der Waals surface area contributed by atoms with Gasteiger partial charge >= 0.3 is 0 Å². The summed E-state index contributed by atoms with van der Waals surface area (Å²) < 4.78 is 10.9. The van der Waals surface area contributed by atoms with Crippen molar-refractivity contribution in [1.29, 1.82) is 0 Å². The van der Waals surface area contributed by atoms with Crippen LogP contribution in [0.2, 0.25) is 5.02 Å². The number of hydrogen-bond acceptors (Lipinski definition) is 5. The van der Waals surface area contributed by atoms with E-state index in [1.54, 1.807) is 12.1 Å². The third kappa shape index (κ3) is 4.74. The molecule has 28 heavy (non-hydrogen) atoms. The second-order valence-electron chi connectivity index (χ2n) is 6.09. The van der Waals surface area contributed by atoms with Gasteiger partial charge in [-0.1, -0.05) is 35.0 Å². The average molecular weight is 512 g/mol. The van der Waals surface area contributed by atoms with Crippen molar-refractivity contribution in [2.75, 3.05) is 6.61 Å². The smallest absolute Gasteiger partial charge is 0.248 e. The van der Waals surface area contributed by atoms with Gasteiger partial charge in [0, 0.05) is 22.6 Å². The Bertz CT molecular complexity index is 961. The minimum absolute atomic E-state index is 0. The Morgan fingerprint density at radius 1 is 1.21 bits per heavy atom. The van der Waals surface area contributed by atoms with Gasteiger partial charge in [0.1, 0.15) is 12.3 Å². The van der Waals surface area contributed by atoms with Gasteiger partial charge in [-0.25, -0.2) is 4.99 Å². The second-order valence-corrected chi connectivity index (χ2v) is 6.53. The highest BCUT2D eigenvalue weighted by Gasteiger charge is 2.21. The molecular formula is C19H19ClIN5O2. The van der Waals surface area contributed by atoms with Gasteiger partial charge in [0.2, 0.25) is 11.7 Å². The van der Waals surface area contributed by atoms with E-state index in [1.807, 2.05) is 36.4 Å². The maximum absolute atomic E-state index is 6.04. The van der Waals surface area contributed by atoms with Crippen LogP contribution >= 0.6 is 35.6 Å². The minimum Gasteiger partial charge on any atom is -0.493 e. The number of ether oxygens (including phenoxy) is 1. The zero-order valence-electron chi connectivity index (χ0n) is 14.8. The van der Waals surface area contributed by atoms with Gasteiger partial charge in [-0.15, -0.1) is 24.0 Å². The van der Waals surface area contributed by atoms with Crippen LogP contribution < -0.4 is 15.8 Å². The summed E-state index contributed by atoms with van der Waals surface area (Å²) in [5.74, 6) is 2.07. The third-order valence-corrected chi connectivity index (χ3v) is 4.49. The Morgan fingerprint density at radius 3 is 2.82 bits per heavy atom. The molecule has 1 unspecified atom stereocenters. The van der Waals surface area contributed by atoms with E-state index < -0.39 is 0 Å². The normalized spacial score (nSPS) is 15.9. The molecule has 3 aromatic rings. The molecule has 9 heteroatoms. The predicted molar refractivity (Wildman–Crippen MR) is 118 cm³/mol. The summed E-state index contributed by atoms with van der Waals surface area (Å²) in [5, 5.41) is 7.85. The van der Waals surface area contributed by atoms with Gasteiger partial charge in [-0.05, 0) is 30.3 Å². The maximum Gasteiger partial charge on any atom is 0.248 e. The first-order chi connectivity index (χ1) is 13.2. The molecular weight excluding hydrogens is 493 g/mol. The number of rotatable bonds is 4. The molecule has 3 N–H and O–H groups in total. The zero-order chi connectivity index (χ0) is 18.6. The number of nitrogens with zero attached hydrogens (tertiary/aromatic N) is 3. The number of nitrogens with two attached hydrogens (primary N) is 1. The molecule has 0 aliphatic carbocycles. The van der Waals surface area contributed by atoms with Crippen LogP contribution in [0.1, 0.15) is 23.9 Å². The molecule has 0 saturated heterocycles. The first-order valence-corrected chi connectivity index (χ1v) is 8.93. The predicted octanol–water partition coefficient (Wildman–Crippen LogP) is 3.94. The lowest BCUT2D eigenvalue weighted by atomic mass is 10.0. The lowest BCUT2D eigenvalue weighted by Crippen LogP contribution is -2.37. The first kappa shape index (κ1) is 20.4. The molecule has 146 valence electrons. The highest BCUT2D eigenvalue weighted by molar-refractivity contribution is 14.0. The van der Waals surface area contributed by atoms with Crippen LogP contribution in [0.25, 0.3) is 11.4 Å². The van der Waals surface area contributed by atoms with Crippen LogP contribution in [0, 0.1) is 0 Å². The van der Waals surface area contributed by atoms with Gasteiger partial charge in [-0.2, -0.15) is 4.98 Å². The molecule has 1 aromatic heterocycles. The zero-order valence-corrected chi connectivity index (χ0v) is 17.9. The van der Waals surface area contributed by atoms with Crippen LogP contribution in [0.15, 0.2) is 58.0 Å². The van der Waals surface area contributed by atoms with Crippen molar-refractivity contribution in [2.24, 2.45) is 10.7 Å². The van der Waals surface area contributed by atoms with Gasteiger partial charge in [0.05, 0.1) is 12.6 Å². The molecule has 1 atom stereocenters. The summed E-state index contributed by atoms with van der Waals surface area (Å²) in [6.07, 6.45) is 0.814. The number of para-hydroxylation sites is 1. The lowest BCUT2D eigenvalue weighted by Gasteiger charge is -2.26. The van der Waals surface area contributed by atoms with Gasteiger partial charge < -0.3 is 20.3 Å². The Balaban J connectivity index is 0.00000225. The SMILES string of the molecule is I.NC(=NCc1nc(-c2ccc(Cl)cc2)no1)NC1CCOc2ccccc21. The Labute approximate surface area is 184 Å². The van der Waals surface area contributed by atoms with E-state index in [2.05, 4.69) is 20.4 Å². The fourth-order valence-electron chi connectivity index (χ4n) is 2.90. The number of benzene rings is 2. The van der Waals surface area contributed by atoms with Crippen molar-refractivity contribution in [2.45, 2.75) is 19.0 Å². The Morgan fingerprint density at radius 2 is 2.00 bits per heavy atom. The standard InChI is InChI=1S/C19H18ClN5O2.HI/c20-13-7-5-12(6-8-13)18-24-17(27-25-18)11-22-19(21)23-15-9-10-26-16-4-2-1-3-14(15)16;/h1-8,15H,9-11H2,(H3,21,22,23);1H. The van der Waals surface area contributed by atoms with Crippen molar-refractivity contribution in [1.82, 2.24) is 15.5 Å². The first-order valence-electron chi connectivity index (χ1n) is 8.56. The molecule has 2 heterocycles. The molecule has 0 amide bonds. The van der Waals surface area contributed by atoms with Gasteiger partial charge in [0.25, 0.3) is 0 Å². The minimum atomic E-state index is 0. The van der Waals surface area contributed by atoms with Crippen LogP contribution in [0.3, 0.4) is 0 Å². The van der Waals surface area contributed by atoms with Crippen molar-refractivity contribution >= 4 is 41.5 Å². The van der Waals surface area contributed by atoms with Crippen molar-refractivity contribution < 1.29 is 9.26 Å². The fraction of sp³-hybridized carbons (Fsp3) is 0.211. The number of aliphatic imine (C=N–C) groups is 1. The summed E-state index contributed by atoms with van der Waals surface area (Å²) >= 11 is 5.89. The highest BCUT2D eigenvalue weighted by Crippen LogP contribution is 2.31. The monoisotopic (exact) mass is 511 g/mol. The Kier molecular flexibility index (Phi) is 6.74. The van der Waals surface area contributed by atoms with Crippen LogP contribution in [-0.4, -0.2) is 22.7 Å². The number of halogens is 2. The molecule has 0 fully saturated rings. The summed E-state index contributed by atoms with van der Waals surface area (Å²) in [6.45, 7) is 0.834. The third-order valence-electron chi connectivity index (χ3n) is 4.24. The number of aromatic nitrogens is 2.